The lowest BCUT2D eigenvalue weighted by atomic mass is 10.1. The number of hydrogen-bond donors (Lipinski definition) is 2. The van der Waals surface area contributed by atoms with E-state index in [-0.39, 0.29) is 36.5 Å². The summed E-state index contributed by atoms with van der Waals surface area (Å²) in [7, 11) is 3.33. The largest absolute Gasteiger partial charge is 0.383 e. The third kappa shape index (κ3) is 4.92. The highest BCUT2D eigenvalue weighted by atomic mass is 16.2. The first-order valence-corrected chi connectivity index (χ1v) is 9.98. The normalized spacial score (nSPS) is 12.0. The van der Waals surface area contributed by atoms with Crippen molar-refractivity contribution in [2.75, 3.05) is 31.3 Å². The number of hydrogen-bond acceptors (Lipinski definition) is 5. The maximum absolute atomic E-state index is 12.9. The van der Waals surface area contributed by atoms with E-state index in [1.54, 1.807) is 0 Å². The standard InChI is InChI=1S/C23H27N5O3/c1-16(18-12-8-5-9-13-18)26(2)15-19(29)27(3)20-21(24)28(23(31)25-22(20)30)14-17-10-6-4-7-11-17/h4-13,16H,14-15,24H2,1-3H3,(H,25,30,31)/t16-/m1/s1. The topological polar surface area (TPSA) is 104 Å². The van der Waals surface area contributed by atoms with Gasteiger partial charge in [0, 0.05) is 13.1 Å². The molecule has 0 unspecified atom stereocenters. The van der Waals surface area contributed by atoms with Gasteiger partial charge in [0.05, 0.1) is 13.1 Å². The Balaban J connectivity index is 1.84. The molecule has 1 aromatic heterocycles. The molecule has 1 atom stereocenters. The van der Waals surface area contributed by atoms with Gasteiger partial charge in [-0.15, -0.1) is 0 Å². The molecule has 1 amide bonds. The number of rotatable bonds is 7. The molecule has 0 aliphatic carbocycles. The molecule has 2 aromatic carbocycles. The van der Waals surface area contributed by atoms with Gasteiger partial charge in [0.1, 0.15) is 5.82 Å². The predicted molar refractivity (Wildman–Crippen MR) is 122 cm³/mol. The second-order valence-corrected chi connectivity index (χ2v) is 7.52. The predicted octanol–water partition coefficient (Wildman–Crippen LogP) is 1.82. The average molecular weight is 422 g/mol. The van der Waals surface area contributed by atoms with E-state index in [0.717, 1.165) is 11.1 Å². The van der Waals surface area contributed by atoms with Crippen LogP contribution in [-0.4, -0.2) is 41.0 Å². The van der Waals surface area contributed by atoms with Crippen LogP contribution in [0.2, 0.25) is 0 Å². The first-order valence-electron chi connectivity index (χ1n) is 9.98. The molecular weight excluding hydrogens is 394 g/mol. The minimum atomic E-state index is -0.693. The van der Waals surface area contributed by atoms with E-state index in [9.17, 15) is 14.4 Å². The molecule has 0 saturated carbocycles. The summed E-state index contributed by atoms with van der Waals surface area (Å²) in [6.07, 6.45) is 0. The van der Waals surface area contributed by atoms with Gasteiger partial charge in [0.15, 0.2) is 5.69 Å². The molecule has 1 heterocycles. The molecule has 0 aliphatic rings. The summed E-state index contributed by atoms with van der Waals surface area (Å²) in [5.41, 5.74) is 6.76. The van der Waals surface area contributed by atoms with Crippen molar-refractivity contribution in [1.29, 1.82) is 0 Å². The van der Waals surface area contributed by atoms with Crippen LogP contribution in [0.1, 0.15) is 24.1 Å². The summed E-state index contributed by atoms with van der Waals surface area (Å²) in [5.74, 6) is -0.361. The van der Waals surface area contributed by atoms with Gasteiger partial charge in [-0.05, 0) is 25.1 Å². The van der Waals surface area contributed by atoms with E-state index in [1.165, 1.54) is 16.5 Å². The van der Waals surface area contributed by atoms with Gasteiger partial charge in [-0.25, -0.2) is 4.79 Å². The van der Waals surface area contributed by atoms with Gasteiger partial charge in [-0.1, -0.05) is 60.7 Å². The summed E-state index contributed by atoms with van der Waals surface area (Å²) in [4.78, 5) is 43.2. The number of nitrogens with two attached hydrogens (primary N) is 1. The maximum Gasteiger partial charge on any atom is 0.330 e. The van der Waals surface area contributed by atoms with E-state index in [1.807, 2.05) is 79.5 Å². The number of carbonyl (C=O) groups is 1. The number of likely N-dealkylation sites (N-methyl/N-ethyl adjacent to an activating group) is 2. The lowest BCUT2D eigenvalue weighted by Crippen LogP contribution is -2.43. The maximum atomic E-state index is 12.9. The number of benzene rings is 2. The highest BCUT2D eigenvalue weighted by Gasteiger charge is 2.23. The van der Waals surface area contributed by atoms with Crippen molar-refractivity contribution in [2.45, 2.75) is 19.5 Å². The Morgan fingerprint density at radius 2 is 1.61 bits per heavy atom. The van der Waals surface area contributed by atoms with Crippen LogP contribution >= 0.6 is 0 Å². The summed E-state index contributed by atoms with van der Waals surface area (Å²) in [6.45, 7) is 2.26. The number of aromatic amines is 1. The fourth-order valence-corrected chi connectivity index (χ4v) is 3.39. The summed E-state index contributed by atoms with van der Waals surface area (Å²) >= 11 is 0. The Kier molecular flexibility index (Phi) is 6.71. The zero-order chi connectivity index (χ0) is 22.5. The SMILES string of the molecule is C[C@H](c1ccccc1)N(C)CC(=O)N(C)c1c(N)n(Cc2ccccc2)c(=O)[nH]c1=O. The third-order valence-electron chi connectivity index (χ3n) is 5.43. The smallest absolute Gasteiger partial charge is 0.330 e. The first kappa shape index (κ1) is 22.0. The molecule has 31 heavy (non-hydrogen) atoms. The van der Waals surface area contributed by atoms with Crippen molar-refractivity contribution < 1.29 is 4.79 Å². The van der Waals surface area contributed by atoms with E-state index in [4.69, 9.17) is 5.73 Å². The fraction of sp³-hybridized carbons (Fsp3) is 0.261. The molecule has 162 valence electrons. The Bertz CT molecular complexity index is 1160. The molecule has 3 aromatic rings. The molecule has 3 N–H and O–H groups in total. The Hall–Kier alpha value is -3.65. The Labute approximate surface area is 180 Å². The molecule has 0 saturated heterocycles. The number of amides is 1. The number of nitrogens with one attached hydrogen (secondary N) is 1. The Morgan fingerprint density at radius 1 is 1.03 bits per heavy atom. The van der Waals surface area contributed by atoms with Crippen molar-refractivity contribution in [3.05, 3.63) is 92.6 Å². The van der Waals surface area contributed by atoms with Gasteiger partial charge >= 0.3 is 5.69 Å². The van der Waals surface area contributed by atoms with Crippen LogP contribution in [0.25, 0.3) is 0 Å². The van der Waals surface area contributed by atoms with Crippen LogP contribution < -0.4 is 21.9 Å². The minimum Gasteiger partial charge on any atom is -0.383 e. The van der Waals surface area contributed by atoms with Crippen LogP contribution in [-0.2, 0) is 11.3 Å². The summed E-state index contributed by atoms with van der Waals surface area (Å²) in [5, 5.41) is 0. The molecule has 8 heteroatoms. The van der Waals surface area contributed by atoms with E-state index < -0.39 is 11.2 Å². The highest BCUT2D eigenvalue weighted by molar-refractivity contribution is 5.96. The Morgan fingerprint density at radius 3 is 2.23 bits per heavy atom. The molecule has 8 nitrogen and oxygen atoms in total. The molecule has 3 rings (SSSR count). The van der Waals surface area contributed by atoms with Crippen molar-refractivity contribution in [3.63, 3.8) is 0 Å². The number of nitrogen functional groups attached to an aromatic ring is 1. The second kappa shape index (κ2) is 9.44. The molecule has 0 bridgehead atoms. The van der Waals surface area contributed by atoms with Crippen LogP contribution in [0.5, 0.6) is 0 Å². The number of anilines is 2. The van der Waals surface area contributed by atoms with Crippen molar-refractivity contribution in [3.8, 4) is 0 Å². The number of nitrogens with zero attached hydrogens (tertiary/aromatic N) is 3. The molecule has 0 fully saturated rings. The van der Waals surface area contributed by atoms with Gasteiger partial charge in [-0.2, -0.15) is 0 Å². The van der Waals surface area contributed by atoms with Gasteiger partial charge < -0.3 is 10.6 Å². The van der Waals surface area contributed by atoms with E-state index in [2.05, 4.69) is 4.98 Å². The zero-order valence-corrected chi connectivity index (χ0v) is 17.9. The average Bonchev–Trinajstić information content (AvgIpc) is 2.77. The van der Waals surface area contributed by atoms with Crippen LogP contribution in [0.3, 0.4) is 0 Å². The van der Waals surface area contributed by atoms with Crippen molar-refractivity contribution in [2.24, 2.45) is 0 Å². The fourth-order valence-electron chi connectivity index (χ4n) is 3.39. The lowest BCUT2D eigenvalue weighted by molar-refractivity contribution is -0.119. The molecule has 0 aliphatic heterocycles. The third-order valence-corrected chi connectivity index (χ3v) is 5.43. The molecular formula is C23H27N5O3. The number of aromatic nitrogens is 2. The van der Waals surface area contributed by atoms with E-state index >= 15 is 0 Å². The minimum absolute atomic E-state index is 0.00113. The zero-order valence-electron chi connectivity index (χ0n) is 17.9. The lowest BCUT2D eigenvalue weighted by Gasteiger charge is -2.27. The van der Waals surface area contributed by atoms with Gasteiger partial charge in [-0.3, -0.25) is 24.0 Å². The van der Waals surface area contributed by atoms with Crippen LogP contribution in [0.4, 0.5) is 11.5 Å². The van der Waals surface area contributed by atoms with Crippen molar-refractivity contribution in [1.82, 2.24) is 14.5 Å². The highest BCUT2D eigenvalue weighted by Crippen LogP contribution is 2.20. The molecule has 0 radical (unpaired) electrons. The molecule has 0 spiro atoms. The van der Waals surface area contributed by atoms with Gasteiger partial charge in [0.2, 0.25) is 5.91 Å². The van der Waals surface area contributed by atoms with Crippen LogP contribution in [0.15, 0.2) is 70.3 Å². The summed E-state index contributed by atoms with van der Waals surface area (Å²) < 4.78 is 1.26. The van der Waals surface area contributed by atoms with Gasteiger partial charge in [0.25, 0.3) is 5.56 Å². The van der Waals surface area contributed by atoms with Crippen molar-refractivity contribution >= 4 is 17.4 Å². The van der Waals surface area contributed by atoms with Crippen LogP contribution in [0, 0.1) is 0 Å². The van der Waals surface area contributed by atoms with E-state index in [0.29, 0.717) is 0 Å². The number of H-pyrrole nitrogens is 1. The first-order chi connectivity index (χ1) is 14.8. The second-order valence-electron chi connectivity index (χ2n) is 7.52. The summed E-state index contributed by atoms with van der Waals surface area (Å²) in [6, 6.07) is 19.1. The quantitative estimate of drug-likeness (QED) is 0.606. The monoisotopic (exact) mass is 421 g/mol. The number of carbonyl (C=O) groups excluding carboxylic acids is 1.